The number of hydrogen-bond donors (Lipinski definition) is 3. The van der Waals surface area contributed by atoms with Gasteiger partial charge in [-0.25, -0.2) is 13.4 Å². The molecule has 1 heterocycles. The first-order valence-electron chi connectivity index (χ1n) is 8.25. The molecule has 0 aliphatic rings. The van der Waals surface area contributed by atoms with Gasteiger partial charge in [0.15, 0.2) is 11.4 Å². The van der Waals surface area contributed by atoms with E-state index in [4.69, 9.17) is 0 Å². The average molecular weight is 415 g/mol. The van der Waals surface area contributed by atoms with Gasteiger partial charge in [0, 0.05) is 47.3 Å². The number of carbonyl (C=O) groups is 1. The van der Waals surface area contributed by atoms with Crippen LogP contribution in [0.25, 0.3) is 5.57 Å². The second-order valence-electron chi connectivity index (χ2n) is 5.62. The third-order valence-electron chi connectivity index (χ3n) is 3.85. The molecule has 3 N–H and O–H groups in total. The molecule has 0 radical (unpaired) electrons. The zero-order valence-corrected chi connectivity index (χ0v) is 16.5. The summed E-state index contributed by atoms with van der Waals surface area (Å²) in [6.45, 7) is 0. The van der Waals surface area contributed by atoms with E-state index >= 15 is 0 Å². The minimum Gasteiger partial charge on any atom is -0.388 e. The lowest BCUT2D eigenvalue weighted by atomic mass is 10.1. The highest BCUT2D eigenvalue weighted by Gasteiger charge is 2.15. The predicted molar refractivity (Wildman–Crippen MR) is 113 cm³/mol. The number of nitrogens with zero attached hydrogens (tertiary/aromatic N) is 1. The van der Waals surface area contributed by atoms with Crippen molar-refractivity contribution in [3.05, 3.63) is 71.9 Å². The van der Waals surface area contributed by atoms with Crippen molar-refractivity contribution in [2.75, 3.05) is 22.4 Å². The van der Waals surface area contributed by atoms with Crippen molar-refractivity contribution >= 4 is 49.7 Å². The number of rotatable bonds is 8. The number of nitrogens with one attached hydrogen (secondary N) is 3. The first kappa shape index (κ1) is 19.6. The van der Waals surface area contributed by atoms with Crippen LogP contribution in [-0.4, -0.2) is 26.7 Å². The highest BCUT2D eigenvalue weighted by atomic mass is 32.2. The van der Waals surface area contributed by atoms with Gasteiger partial charge in [-0.3, -0.25) is 9.52 Å². The summed E-state index contributed by atoms with van der Waals surface area (Å²) >= 11 is 1.20. The molecule has 0 saturated carbocycles. The largest absolute Gasteiger partial charge is 0.388 e. The Balaban J connectivity index is 1.76. The van der Waals surface area contributed by atoms with E-state index in [1.807, 2.05) is 24.3 Å². The molecule has 0 atom stereocenters. The van der Waals surface area contributed by atoms with Crippen LogP contribution >= 0.6 is 11.3 Å². The number of carbonyl (C=O) groups excluding carboxylic acids is 1. The molecule has 0 bridgehead atoms. The lowest BCUT2D eigenvalue weighted by Crippen LogP contribution is -2.12. The van der Waals surface area contributed by atoms with Crippen LogP contribution in [0, 0.1) is 0 Å². The molecule has 0 saturated heterocycles. The minimum atomic E-state index is -3.70. The zero-order chi connectivity index (χ0) is 20.0. The molecule has 144 valence electrons. The molecule has 28 heavy (non-hydrogen) atoms. The highest BCUT2D eigenvalue weighted by Crippen LogP contribution is 2.23. The number of hydrogen-bond acceptors (Lipinski definition) is 7. The molecule has 7 nitrogen and oxygen atoms in total. The molecule has 3 aromatic rings. The van der Waals surface area contributed by atoms with Crippen LogP contribution in [0.5, 0.6) is 0 Å². The van der Waals surface area contributed by atoms with E-state index < -0.39 is 10.0 Å². The molecule has 3 rings (SSSR count). The topological polar surface area (TPSA) is 100 Å². The molecule has 0 unspecified atom stereocenters. The maximum atomic E-state index is 12.3. The fourth-order valence-electron chi connectivity index (χ4n) is 2.47. The van der Waals surface area contributed by atoms with Crippen molar-refractivity contribution in [3.8, 4) is 0 Å². The maximum absolute atomic E-state index is 12.3. The van der Waals surface area contributed by atoms with Gasteiger partial charge in [0.1, 0.15) is 0 Å². The Morgan fingerprint density at radius 3 is 2.50 bits per heavy atom. The molecule has 0 amide bonds. The summed E-state index contributed by atoms with van der Waals surface area (Å²) in [6.07, 6.45) is 3.87. The Hall–Kier alpha value is -3.17. The number of benzene rings is 2. The lowest BCUT2D eigenvalue weighted by molar-refractivity contribution is -0.103. The van der Waals surface area contributed by atoms with Crippen LogP contribution in [0.15, 0.2) is 71.2 Å². The molecule has 2 aromatic carbocycles. The Morgan fingerprint density at radius 2 is 1.86 bits per heavy atom. The number of para-hydroxylation sites is 1. The number of sulfonamides is 1. The fraction of sp³-hybridized carbons (Fsp3) is 0.0526. The van der Waals surface area contributed by atoms with Crippen molar-refractivity contribution < 1.29 is 13.2 Å². The van der Waals surface area contributed by atoms with Crippen LogP contribution in [0.2, 0.25) is 0 Å². The Labute approximate surface area is 167 Å². The number of aromatic nitrogens is 1. The first-order chi connectivity index (χ1) is 13.5. The molecular formula is C19H18N4O3S2. The van der Waals surface area contributed by atoms with Gasteiger partial charge in [0.05, 0.1) is 4.90 Å². The predicted octanol–water partition coefficient (Wildman–Crippen LogP) is 3.64. The van der Waals surface area contributed by atoms with E-state index in [1.54, 1.807) is 30.8 Å². The summed E-state index contributed by atoms with van der Waals surface area (Å²) in [5.74, 6) is 0. The second-order valence-corrected chi connectivity index (χ2v) is 8.20. The van der Waals surface area contributed by atoms with Crippen molar-refractivity contribution in [1.82, 2.24) is 4.98 Å². The van der Waals surface area contributed by atoms with Crippen molar-refractivity contribution in [3.63, 3.8) is 0 Å². The van der Waals surface area contributed by atoms with E-state index in [9.17, 15) is 13.2 Å². The summed E-state index contributed by atoms with van der Waals surface area (Å²) in [6, 6.07) is 13.7. The summed E-state index contributed by atoms with van der Waals surface area (Å²) in [4.78, 5) is 15.5. The number of aldehydes is 1. The van der Waals surface area contributed by atoms with Crippen molar-refractivity contribution in [1.29, 1.82) is 0 Å². The van der Waals surface area contributed by atoms with Crippen molar-refractivity contribution in [2.45, 2.75) is 4.90 Å². The van der Waals surface area contributed by atoms with Crippen LogP contribution in [0.4, 0.5) is 16.5 Å². The van der Waals surface area contributed by atoms with E-state index in [-0.39, 0.29) is 4.90 Å². The molecule has 0 aliphatic heterocycles. The SMILES string of the molecule is CNc1ccccc1/C(C=O)=C\Nc1ccc(S(=O)(=O)Nc2nccs2)cc1. The van der Waals surface area contributed by atoms with E-state index in [0.717, 1.165) is 17.5 Å². The number of thiazole rings is 1. The molecule has 0 spiro atoms. The van der Waals surface area contributed by atoms with Gasteiger partial charge >= 0.3 is 0 Å². The third-order valence-corrected chi connectivity index (χ3v) is 6.02. The van der Waals surface area contributed by atoms with Crippen LogP contribution in [0.3, 0.4) is 0 Å². The molecule has 0 fully saturated rings. The van der Waals surface area contributed by atoms with Crippen LogP contribution in [0.1, 0.15) is 5.56 Å². The number of allylic oxidation sites excluding steroid dienone is 1. The minimum absolute atomic E-state index is 0.119. The monoisotopic (exact) mass is 414 g/mol. The first-order valence-corrected chi connectivity index (χ1v) is 10.6. The van der Waals surface area contributed by atoms with Gasteiger partial charge in [0.25, 0.3) is 10.0 Å². The molecule has 9 heteroatoms. The lowest BCUT2D eigenvalue weighted by Gasteiger charge is -2.10. The summed E-state index contributed by atoms with van der Waals surface area (Å²) in [5, 5.41) is 8.07. The standard InChI is InChI=1S/C19H18N4O3S2/c1-20-18-5-3-2-4-17(18)14(13-24)12-22-15-6-8-16(9-7-15)28(25,26)23-19-21-10-11-27-19/h2-13,20,22H,1H3,(H,21,23)/b14-12-. The smallest absolute Gasteiger partial charge is 0.263 e. The van der Waals surface area contributed by atoms with E-state index in [2.05, 4.69) is 20.3 Å². The van der Waals surface area contributed by atoms with Gasteiger partial charge < -0.3 is 10.6 Å². The molecular weight excluding hydrogens is 396 g/mol. The highest BCUT2D eigenvalue weighted by molar-refractivity contribution is 7.93. The van der Waals surface area contributed by atoms with Crippen LogP contribution in [-0.2, 0) is 14.8 Å². The third kappa shape index (κ3) is 4.56. The maximum Gasteiger partial charge on any atom is 0.263 e. The quantitative estimate of drug-likeness (QED) is 0.384. The second kappa shape index (κ2) is 8.68. The summed E-state index contributed by atoms with van der Waals surface area (Å²) in [7, 11) is -1.91. The van der Waals surface area contributed by atoms with Gasteiger partial charge in [-0.15, -0.1) is 11.3 Å². The summed E-state index contributed by atoms with van der Waals surface area (Å²) < 4.78 is 27.1. The normalized spacial score (nSPS) is 11.7. The Morgan fingerprint density at radius 1 is 1.11 bits per heavy atom. The summed E-state index contributed by atoms with van der Waals surface area (Å²) in [5.41, 5.74) is 2.71. The van der Waals surface area contributed by atoms with Gasteiger partial charge in [-0.05, 0) is 30.3 Å². The molecule has 0 aliphatic carbocycles. The number of anilines is 3. The van der Waals surface area contributed by atoms with E-state index in [0.29, 0.717) is 16.4 Å². The van der Waals surface area contributed by atoms with E-state index in [1.165, 1.54) is 29.7 Å². The van der Waals surface area contributed by atoms with Crippen molar-refractivity contribution in [2.24, 2.45) is 0 Å². The van der Waals surface area contributed by atoms with Gasteiger partial charge in [-0.2, -0.15) is 0 Å². The molecule has 1 aromatic heterocycles. The van der Waals surface area contributed by atoms with Crippen LogP contribution < -0.4 is 15.4 Å². The Kier molecular flexibility index (Phi) is 6.07. The van der Waals surface area contributed by atoms with Gasteiger partial charge in [-0.1, -0.05) is 18.2 Å². The van der Waals surface area contributed by atoms with Gasteiger partial charge in [0.2, 0.25) is 0 Å². The Bertz CT molecular complexity index is 1080. The average Bonchev–Trinajstić information content (AvgIpc) is 3.21. The fourth-order valence-corrected chi connectivity index (χ4v) is 4.26. The zero-order valence-electron chi connectivity index (χ0n) is 14.9.